The van der Waals surface area contributed by atoms with E-state index in [0.717, 1.165) is 36.8 Å². The van der Waals surface area contributed by atoms with Crippen molar-refractivity contribution >= 4 is 11.4 Å². The molecule has 1 rings (SSSR count). The molecule has 0 aromatic heterocycles. The first-order valence-corrected chi connectivity index (χ1v) is 7.66. The minimum absolute atomic E-state index is 0.247. The first-order chi connectivity index (χ1) is 10.5. The van der Waals surface area contributed by atoms with Crippen molar-refractivity contribution in [2.45, 2.75) is 38.5 Å². The molecule has 1 aromatic carbocycles. The van der Waals surface area contributed by atoms with Crippen LogP contribution in [0.25, 0.3) is 0 Å². The summed E-state index contributed by atoms with van der Waals surface area (Å²) in [5.74, 6) is 0.247. The normalized spacial score (nSPS) is 10.5. The molecule has 0 aliphatic carbocycles. The molecule has 0 amide bonds. The monoisotopic (exact) mass is 296 g/mol. The summed E-state index contributed by atoms with van der Waals surface area (Å²) < 4.78 is 0. The first kappa shape index (κ1) is 17.8. The van der Waals surface area contributed by atoms with Crippen LogP contribution in [0.4, 0.5) is 11.4 Å². The molecule has 0 radical (unpaired) electrons. The Morgan fingerprint density at radius 2 is 1.32 bits per heavy atom. The molecular formula is C20H28N2. The van der Waals surface area contributed by atoms with E-state index in [1.54, 1.807) is 0 Å². The summed E-state index contributed by atoms with van der Waals surface area (Å²) in [6.07, 6.45) is 10.9. The molecular weight excluding hydrogens is 268 g/mol. The highest BCUT2D eigenvalue weighted by Crippen LogP contribution is 2.40. The Morgan fingerprint density at radius 1 is 0.818 bits per heavy atom. The number of benzene rings is 1. The van der Waals surface area contributed by atoms with Gasteiger partial charge >= 0.3 is 0 Å². The molecule has 1 aromatic rings. The number of rotatable bonds is 9. The molecule has 0 bridgehead atoms. The van der Waals surface area contributed by atoms with Gasteiger partial charge in [-0.3, -0.25) is 0 Å². The van der Waals surface area contributed by atoms with E-state index < -0.39 is 0 Å². The summed E-state index contributed by atoms with van der Waals surface area (Å²) in [5.41, 5.74) is 18.6. The Hall–Kier alpha value is -2.22. The van der Waals surface area contributed by atoms with Gasteiger partial charge in [0.1, 0.15) is 0 Å². The molecule has 0 aliphatic rings. The minimum atomic E-state index is 0.247. The van der Waals surface area contributed by atoms with Gasteiger partial charge in [0.15, 0.2) is 0 Å². The van der Waals surface area contributed by atoms with Crippen molar-refractivity contribution in [3.63, 3.8) is 0 Å². The van der Waals surface area contributed by atoms with Crippen LogP contribution in [0.1, 0.15) is 41.0 Å². The highest BCUT2D eigenvalue weighted by Gasteiger charge is 2.22. The van der Waals surface area contributed by atoms with E-state index in [1.165, 1.54) is 11.1 Å². The number of nitrogens with two attached hydrogens (primary N) is 2. The van der Waals surface area contributed by atoms with Crippen molar-refractivity contribution in [3.8, 4) is 0 Å². The molecule has 2 heteroatoms. The van der Waals surface area contributed by atoms with Crippen LogP contribution in [-0.4, -0.2) is 0 Å². The van der Waals surface area contributed by atoms with E-state index in [9.17, 15) is 0 Å². The molecule has 0 spiro atoms. The van der Waals surface area contributed by atoms with E-state index in [-0.39, 0.29) is 5.92 Å². The zero-order valence-corrected chi connectivity index (χ0v) is 13.7. The number of nitrogen functional groups attached to an aromatic ring is 2. The van der Waals surface area contributed by atoms with Crippen LogP contribution in [0.5, 0.6) is 0 Å². The molecule has 2 nitrogen and oxygen atoms in total. The topological polar surface area (TPSA) is 52.0 Å². The Morgan fingerprint density at radius 3 is 1.77 bits per heavy atom. The van der Waals surface area contributed by atoms with Gasteiger partial charge in [-0.1, -0.05) is 24.3 Å². The molecule has 0 saturated carbocycles. The second kappa shape index (κ2) is 8.28. The number of allylic oxidation sites excluding steroid dienone is 4. The summed E-state index contributed by atoms with van der Waals surface area (Å²) in [5, 5.41) is 0. The van der Waals surface area contributed by atoms with E-state index >= 15 is 0 Å². The molecule has 0 aliphatic heterocycles. The lowest BCUT2D eigenvalue weighted by Crippen LogP contribution is -2.13. The minimum Gasteiger partial charge on any atom is -0.397 e. The molecule has 0 atom stereocenters. The molecule has 0 saturated heterocycles. The summed E-state index contributed by atoms with van der Waals surface area (Å²) in [4.78, 5) is 0. The Labute approximate surface area is 134 Å². The fourth-order valence-electron chi connectivity index (χ4n) is 3.06. The number of hydrogen-bond donors (Lipinski definition) is 2. The Bertz CT molecular complexity index is 572. The maximum atomic E-state index is 6.39. The lowest BCUT2D eigenvalue weighted by atomic mass is 9.81. The van der Waals surface area contributed by atoms with Gasteiger partial charge in [0.25, 0.3) is 0 Å². The molecule has 0 unspecified atom stereocenters. The van der Waals surface area contributed by atoms with Crippen LogP contribution in [0.2, 0.25) is 0 Å². The largest absolute Gasteiger partial charge is 0.397 e. The molecule has 0 fully saturated rings. The maximum absolute atomic E-state index is 6.39. The summed E-state index contributed by atoms with van der Waals surface area (Å²) in [7, 11) is 0. The average molecular weight is 296 g/mol. The molecule has 0 heterocycles. The predicted molar refractivity (Wildman–Crippen MR) is 100 cm³/mol. The molecule has 22 heavy (non-hydrogen) atoms. The van der Waals surface area contributed by atoms with Gasteiger partial charge in [0, 0.05) is 0 Å². The fourth-order valence-corrected chi connectivity index (χ4v) is 3.06. The van der Waals surface area contributed by atoms with Crippen molar-refractivity contribution in [3.05, 3.63) is 72.9 Å². The second-order valence-corrected chi connectivity index (χ2v) is 5.55. The van der Waals surface area contributed by atoms with E-state index in [2.05, 4.69) is 26.3 Å². The highest BCUT2D eigenvalue weighted by molar-refractivity contribution is 5.76. The van der Waals surface area contributed by atoms with E-state index in [1.807, 2.05) is 31.2 Å². The number of anilines is 2. The third kappa shape index (κ3) is 3.51. The lowest BCUT2D eigenvalue weighted by Gasteiger charge is -2.26. The molecule has 4 N–H and O–H groups in total. The zero-order chi connectivity index (χ0) is 16.7. The van der Waals surface area contributed by atoms with Gasteiger partial charge in [0.05, 0.1) is 11.4 Å². The predicted octanol–water partition coefficient (Wildman–Crippen LogP) is 4.85. The van der Waals surface area contributed by atoms with Crippen LogP contribution < -0.4 is 11.5 Å². The van der Waals surface area contributed by atoms with Crippen LogP contribution in [0.15, 0.2) is 50.6 Å². The fraction of sp³-hybridized carbons (Fsp3) is 0.300. The van der Waals surface area contributed by atoms with E-state index in [0.29, 0.717) is 11.4 Å². The van der Waals surface area contributed by atoms with Crippen molar-refractivity contribution < 1.29 is 0 Å². The molecule has 118 valence electrons. The number of hydrogen-bond acceptors (Lipinski definition) is 2. The summed E-state index contributed by atoms with van der Waals surface area (Å²) in [6.45, 7) is 17.5. The highest BCUT2D eigenvalue weighted by atomic mass is 14.7. The lowest BCUT2D eigenvalue weighted by molar-refractivity contribution is 0.706. The van der Waals surface area contributed by atoms with Crippen LogP contribution in [0, 0.1) is 6.92 Å². The smallest absolute Gasteiger partial charge is 0.0589 e. The maximum Gasteiger partial charge on any atom is 0.0589 e. The van der Waals surface area contributed by atoms with Gasteiger partial charge in [0.2, 0.25) is 0 Å². The van der Waals surface area contributed by atoms with Gasteiger partial charge < -0.3 is 11.5 Å². The zero-order valence-electron chi connectivity index (χ0n) is 13.7. The SMILES string of the molecule is C=CCc1c(C)c(N)c(N)c(C(CC=C)CC=C)c1CC=C. The van der Waals surface area contributed by atoms with Crippen molar-refractivity contribution in [2.24, 2.45) is 0 Å². The Balaban J connectivity index is 3.70. The Kier molecular flexibility index (Phi) is 6.71. The summed E-state index contributed by atoms with van der Waals surface area (Å²) in [6, 6.07) is 0. The van der Waals surface area contributed by atoms with Crippen LogP contribution in [-0.2, 0) is 12.8 Å². The van der Waals surface area contributed by atoms with Crippen LogP contribution in [0.3, 0.4) is 0 Å². The average Bonchev–Trinajstić information content (AvgIpc) is 2.50. The quantitative estimate of drug-likeness (QED) is 0.505. The van der Waals surface area contributed by atoms with Gasteiger partial charge in [-0.05, 0) is 60.8 Å². The van der Waals surface area contributed by atoms with E-state index in [4.69, 9.17) is 11.5 Å². The van der Waals surface area contributed by atoms with Crippen LogP contribution >= 0.6 is 0 Å². The van der Waals surface area contributed by atoms with Crippen molar-refractivity contribution in [1.29, 1.82) is 0 Å². The van der Waals surface area contributed by atoms with Gasteiger partial charge in [-0.2, -0.15) is 0 Å². The van der Waals surface area contributed by atoms with Crippen molar-refractivity contribution in [2.75, 3.05) is 11.5 Å². The standard InChI is InChI=1S/C20H28N2/c1-6-10-15(11-7-2)18-17(13-9-4)16(12-8-3)14(5)19(21)20(18)22/h6-9,15H,1-4,10-13,21-22H2,5H3. The third-order valence-electron chi connectivity index (χ3n) is 4.13. The van der Waals surface area contributed by atoms with Gasteiger partial charge in [-0.25, -0.2) is 0 Å². The summed E-state index contributed by atoms with van der Waals surface area (Å²) >= 11 is 0. The van der Waals surface area contributed by atoms with Gasteiger partial charge in [-0.15, -0.1) is 26.3 Å². The van der Waals surface area contributed by atoms with Crippen molar-refractivity contribution in [1.82, 2.24) is 0 Å². The third-order valence-corrected chi connectivity index (χ3v) is 4.13. The second-order valence-electron chi connectivity index (χ2n) is 5.55. The first-order valence-electron chi connectivity index (χ1n) is 7.66.